The first-order chi connectivity index (χ1) is 14.2. The summed E-state index contributed by atoms with van der Waals surface area (Å²) in [7, 11) is 1.62. The van der Waals surface area contributed by atoms with Crippen LogP contribution in [0.2, 0.25) is 0 Å². The van der Waals surface area contributed by atoms with Crippen LogP contribution >= 0.6 is 0 Å². The van der Waals surface area contributed by atoms with E-state index in [2.05, 4.69) is 31.2 Å². The van der Waals surface area contributed by atoms with E-state index < -0.39 is 0 Å². The molecule has 3 aromatic rings. The zero-order valence-electron chi connectivity index (χ0n) is 16.7. The summed E-state index contributed by atoms with van der Waals surface area (Å²) >= 11 is 0. The molecule has 1 aliphatic rings. The Labute approximate surface area is 170 Å². The SMILES string of the molecule is COc1cccc(NC(=O)CN2CCCN(Cc3nc4ccccc4[nH]3)CC2)c1. The van der Waals surface area contributed by atoms with Crippen molar-refractivity contribution in [1.82, 2.24) is 19.8 Å². The van der Waals surface area contributed by atoms with Crippen LogP contribution in [-0.4, -0.2) is 65.5 Å². The van der Waals surface area contributed by atoms with Crippen LogP contribution in [0.1, 0.15) is 12.2 Å². The van der Waals surface area contributed by atoms with Gasteiger partial charge in [-0.2, -0.15) is 0 Å². The van der Waals surface area contributed by atoms with Gasteiger partial charge in [0.25, 0.3) is 0 Å². The third-order valence-electron chi connectivity index (χ3n) is 5.21. The standard InChI is InChI=1S/C22H27N5O2/c1-29-18-7-4-6-17(14-18)23-22(28)16-27-11-5-10-26(12-13-27)15-21-24-19-8-2-3-9-20(19)25-21/h2-4,6-9,14H,5,10-13,15-16H2,1H3,(H,23,28)(H,24,25). The quantitative estimate of drug-likeness (QED) is 0.674. The monoisotopic (exact) mass is 393 g/mol. The summed E-state index contributed by atoms with van der Waals surface area (Å²) < 4.78 is 5.21. The molecule has 1 saturated heterocycles. The van der Waals surface area contributed by atoms with Crippen LogP contribution in [0.4, 0.5) is 5.69 Å². The van der Waals surface area contributed by atoms with Gasteiger partial charge < -0.3 is 15.0 Å². The van der Waals surface area contributed by atoms with E-state index in [1.54, 1.807) is 7.11 Å². The number of anilines is 1. The number of benzene rings is 2. The van der Waals surface area contributed by atoms with Crippen LogP contribution in [0.25, 0.3) is 11.0 Å². The normalized spacial score (nSPS) is 15.9. The van der Waals surface area contributed by atoms with Gasteiger partial charge in [-0.3, -0.25) is 14.6 Å². The predicted molar refractivity (Wildman–Crippen MR) is 114 cm³/mol. The molecule has 0 atom stereocenters. The number of H-pyrrole nitrogens is 1. The summed E-state index contributed by atoms with van der Waals surface area (Å²) in [6, 6.07) is 15.5. The van der Waals surface area contributed by atoms with Crippen molar-refractivity contribution >= 4 is 22.6 Å². The minimum absolute atomic E-state index is 0.00369. The van der Waals surface area contributed by atoms with Crippen LogP contribution in [0, 0.1) is 0 Å². The fourth-order valence-corrected chi connectivity index (χ4v) is 3.74. The Bertz CT molecular complexity index is 938. The molecule has 0 saturated carbocycles. The van der Waals surface area contributed by atoms with Gasteiger partial charge in [-0.05, 0) is 43.8 Å². The number of aromatic nitrogens is 2. The Kier molecular flexibility index (Phi) is 6.07. The molecular weight excluding hydrogens is 366 g/mol. The lowest BCUT2D eigenvalue weighted by atomic mass is 10.3. The number of amides is 1. The summed E-state index contributed by atoms with van der Waals surface area (Å²) in [6.07, 6.45) is 1.03. The molecule has 0 radical (unpaired) electrons. The Morgan fingerprint density at radius 2 is 1.93 bits per heavy atom. The highest BCUT2D eigenvalue weighted by Crippen LogP contribution is 2.17. The van der Waals surface area contributed by atoms with Crippen LogP contribution < -0.4 is 10.1 Å². The van der Waals surface area contributed by atoms with Gasteiger partial charge in [-0.25, -0.2) is 4.98 Å². The molecule has 1 fully saturated rings. The van der Waals surface area contributed by atoms with Crippen LogP contribution in [-0.2, 0) is 11.3 Å². The molecule has 0 aliphatic carbocycles. The molecule has 7 nitrogen and oxygen atoms in total. The van der Waals surface area contributed by atoms with Gasteiger partial charge in [-0.1, -0.05) is 18.2 Å². The van der Waals surface area contributed by atoms with E-state index in [1.165, 1.54) is 0 Å². The zero-order chi connectivity index (χ0) is 20.1. The number of carbonyl (C=O) groups excluding carboxylic acids is 1. The van der Waals surface area contributed by atoms with E-state index in [9.17, 15) is 4.79 Å². The van der Waals surface area contributed by atoms with Crippen LogP contribution in [0.5, 0.6) is 5.75 Å². The number of methoxy groups -OCH3 is 1. The largest absolute Gasteiger partial charge is 0.497 e. The molecule has 29 heavy (non-hydrogen) atoms. The molecular formula is C22H27N5O2. The van der Waals surface area contributed by atoms with E-state index in [4.69, 9.17) is 4.74 Å². The fourth-order valence-electron chi connectivity index (χ4n) is 3.74. The first-order valence-corrected chi connectivity index (χ1v) is 10.0. The van der Waals surface area contributed by atoms with E-state index >= 15 is 0 Å². The lowest BCUT2D eigenvalue weighted by Crippen LogP contribution is -2.36. The van der Waals surface area contributed by atoms with Gasteiger partial charge in [0.2, 0.25) is 5.91 Å². The Morgan fingerprint density at radius 1 is 1.10 bits per heavy atom. The highest BCUT2D eigenvalue weighted by Gasteiger charge is 2.18. The summed E-state index contributed by atoms with van der Waals surface area (Å²) in [5.41, 5.74) is 2.84. The minimum Gasteiger partial charge on any atom is -0.497 e. The lowest BCUT2D eigenvalue weighted by Gasteiger charge is -2.20. The summed E-state index contributed by atoms with van der Waals surface area (Å²) in [4.78, 5) is 25.1. The maximum absolute atomic E-state index is 12.4. The van der Waals surface area contributed by atoms with Gasteiger partial charge in [0, 0.05) is 24.8 Å². The maximum atomic E-state index is 12.4. The predicted octanol–water partition coefficient (Wildman–Crippen LogP) is 2.72. The van der Waals surface area contributed by atoms with Gasteiger partial charge >= 0.3 is 0 Å². The molecule has 2 heterocycles. The summed E-state index contributed by atoms with van der Waals surface area (Å²) in [6.45, 7) is 4.91. The number of fused-ring (bicyclic) bond motifs is 1. The van der Waals surface area contributed by atoms with Crippen molar-refractivity contribution < 1.29 is 9.53 Å². The number of nitrogens with one attached hydrogen (secondary N) is 2. The number of carbonyl (C=O) groups is 1. The average molecular weight is 393 g/mol. The van der Waals surface area contributed by atoms with Crippen molar-refractivity contribution in [2.75, 3.05) is 45.2 Å². The van der Waals surface area contributed by atoms with Gasteiger partial charge in [-0.15, -0.1) is 0 Å². The molecule has 2 N–H and O–H groups in total. The topological polar surface area (TPSA) is 73.5 Å². The molecule has 7 heteroatoms. The Hall–Kier alpha value is -2.90. The number of para-hydroxylation sites is 2. The molecule has 2 aromatic carbocycles. The molecule has 152 valence electrons. The second-order valence-electron chi connectivity index (χ2n) is 7.39. The van der Waals surface area contributed by atoms with E-state index in [0.717, 1.165) is 67.4 Å². The summed E-state index contributed by atoms with van der Waals surface area (Å²) in [5, 5.41) is 2.96. The third kappa shape index (κ3) is 5.13. The summed E-state index contributed by atoms with van der Waals surface area (Å²) in [5.74, 6) is 1.73. The van der Waals surface area contributed by atoms with Gasteiger partial charge in [0.05, 0.1) is 31.2 Å². The highest BCUT2D eigenvalue weighted by atomic mass is 16.5. The Morgan fingerprint density at radius 3 is 2.79 bits per heavy atom. The molecule has 1 amide bonds. The number of ether oxygens (including phenoxy) is 1. The minimum atomic E-state index is 0.00369. The third-order valence-corrected chi connectivity index (χ3v) is 5.21. The van der Waals surface area contributed by atoms with Crippen molar-refractivity contribution in [2.24, 2.45) is 0 Å². The Balaban J connectivity index is 1.28. The number of rotatable bonds is 6. The first-order valence-electron chi connectivity index (χ1n) is 10.0. The van der Waals surface area contributed by atoms with E-state index in [1.807, 2.05) is 42.5 Å². The maximum Gasteiger partial charge on any atom is 0.238 e. The molecule has 0 spiro atoms. The lowest BCUT2D eigenvalue weighted by molar-refractivity contribution is -0.117. The second-order valence-corrected chi connectivity index (χ2v) is 7.39. The van der Waals surface area contributed by atoms with Crippen LogP contribution in [0.3, 0.4) is 0 Å². The van der Waals surface area contributed by atoms with Crippen molar-refractivity contribution in [3.05, 3.63) is 54.4 Å². The number of aromatic amines is 1. The number of hydrogen-bond donors (Lipinski definition) is 2. The van der Waals surface area contributed by atoms with Gasteiger partial charge in [0.15, 0.2) is 0 Å². The van der Waals surface area contributed by atoms with Crippen molar-refractivity contribution in [3.8, 4) is 5.75 Å². The molecule has 1 aromatic heterocycles. The second kappa shape index (κ2) is 9.07. The van der Waals surface area contributed by atoms with Crippen molar-refractivity contribution in [2.45, 2.75) is 13.0 Å². The molecule has 0 bridgehead atoms. The fraction of sp³-hybridized carbons (Fsp3) is 0.364. The van der Waals surface area contributed by atoms with Gasteiger partial charge in [0.1, 0.15) is 11.6 Å². The van der Waals surface area contributed by atoms with Crippen molar-refractivity contribution in [1.29, 1.82) is 0 Å². The number of imidazole rings is 1. The van der Waals surface area contributed by atoms with E-state index in [0.29, 0.717) is 6.54 Å². The number of nitrogens with zero attached hydrogens (tertiary/aromatic N) is 3. The molecule has 1 aliphatic heterocycles. The highest BCUT2D eigenvalue weighted by molar-refractivity contribution is 5.92. The first kappa shape index (κ1) is 19.4. The number of hydrogen-bond acceptors (Lipinski definition) is 5. The smallest absolute Gasteiger partial charge is 0.238 e. The van der Waals surface area contributed by atoms with Crippen molar-refractivity contribution in [3.63, 3.8) is 0 Å². The van der Waals surface area contributed by atoms with E-state index in [-0.39, 0.29) is 5.91 Å². The zero-order valence-corrected chi connectivity index (χ0v) is 16.7. The average Bonchev–Trinajstić information content (AvgIpc) is 3.01. The van der Waals surface area contributed by atoms with Crippen LogP contribution in [0.15, 0.2) is 48.5 Å². The molecule has 0 unspecified atom stereocenters. The molecule has 4 rings (SSSR count).